The fraction of sp³-hybridized carbons (Fsp3) is 0.421. The maximum atomic E-state index is 13.9. The average Bonchev–Trinajstić information content (AvgIpc) is 3.14. The molecule has 2 aliphatic heterocycles. The maximum Gasteiger partial charge on any atom is 0.431 e. The summed E-state index contributed by atoms with van der Waals surface area (Å²) in [5, 5.41) is 0.727. The molecule has 0 saturated heterocycles. The van der Waals surface area contributed by atoms with Crippen LogP contribution in [0.1, 0.15) is 20.3 Å². The number of hydrogen-bond donors (Lipinski definition) is 0. The number of aromatic nitrogens is 2. The first-order valence-electron chi connectivity index (χ1n) is 8.68. The van der Waals surface area contributed by atoms with Crippen LogP contribution >= 0.6 is 11.8 Å². The van der Waals surface area contributed by atoms with Crippen LogP contribution in [-0.2, 0) is 9.47 Å². The third kappa shape index (κ3) is 2.49. The first-order chi connectivity index (χ1) is 13.3. The van der Waals surface area contributed by atoms with Crippen molar-refractivity contribution in [3.05, 3.63) is 47.0 Å². The lowest BCUT2D eigenvalue weighted by Crippen LogP contribution is -2.50. The number of imidazole rings is 1. The summed E-state index contributed by atoms with van der Waals surface area (Å²) in [4.78, 5) is 5.69. The van der Waals surface area contributed by atoms with Crippen LogP contribution in [0.2, 0.25) is 0 Å². The summed E-state index contributed by atoms with van der Waals surface area (Å²) < 4.78 is 54.3. The minimum absolute atomic E-state index is 0.256. The fourth-order valence-corrected chi connectivity index (χ4v) is 5.09. The standard InChI is InChI=1S/C19H20F3N3O2S/c1-11-8-18-7-5-6-13(19(20,21)22)25(18)17-23-9-14(28-10-26-3)24(17)16(18)12(2)15(11)27-4/h5-7,9H,8,10H2,1-4H3. The minimum atomic E-state index is -4.50. The van der Waals surface area contributed by atoms with Crippen LogP contribution in [0.5, 0.6) is 0 Å². The van der Waals surface area contributed by atoms with E-state index in [0.29, 0.717) is 18.1 Å². The molecule has 0 N–H and O–H groups in total. The smallest absolute Gasteiger partial charge is 0.431 e. The van der Waals surface area contributed by atoms with Gasteiger partial charge in [0.1, 0.15) is 22.0 Å². The number of ether oxygens (including phenoxy) is 2. The highest BCUT2D eigenvalue weighted by Crippen LogP contribution is 2.57. The van der Waals surface area contributed by atoms with Crippen molar-refractivity contribution in [3.63, 3.8) is 0 Å². The number of nitrogens with zero attached hydrogens (tertiary/aromatic N) is 3. The van der Waals surface area contributed by atoms with Crippen molar-refractivity contribution in [3.8, 4) is 0 Å². The highest BCUT2D eigenvalue weighted by atomic mass is 32.2. The highest BCUT2D eigenvalue weighted by molar-refractivity contribution is 7.99. The molecule has 3 heterocycles. The normalized spacial score (nSPS) is 23.7. The maximum absolute atomic E-state index is 13.9. The van der Waals surface area contributed by atoms with E-state index in [1.165, 1.54) is 22.7 Å². The summed E-state index contributed by atoms with van der Waals surface area (Å²) in [6.45, 7) is 3.78. The Morgan fingerprint density at radius 1 is 1.29 bits per heavy atom. The van der Waals surface area contributed by atoms with E-state index in [0.717, 1.165) is 27.9 Å². The quantitative estimate of drug-likeness (QED) is 0.530. The van der Waals surface area contributed by atoms with E-state index in [1.807, 2.05) is 19.9 Å². The zero-order valence-corrected chi connectivity index (χ0v) is 16.7. The van der Waals surface area contributed by atoms with Crippen molar-refractivity contribution in [2.75, 3.05) is 25.1 Å². The largest absolute Gasteiger partial charge is 0.496 e. The van der Waals surface area contributed by atoms with Gasteiger partial charge >= 0.3 is 6.18 Å². The van der Waals surface area contributed by atoms with Crippen molar-refractivity contribution in [1.29, 1.82) is 0 Å². The van der Waals surface area contributed by atoms with Gasteiger partial charge in [-0.05, 0) is 25.5 Å². The number of allylic oxidation sites excluding steroid dienone is 4. The molecule has 1 aliphatic carbocycles. The molecule has 150 valence electrons. The number of methoxy groups -OCH3 is 2. The first-order valence-corrected chi connectivity index (χ1v) is 9.67. The van der Waals surface area contributed by atoms with E-state index >= 15 is 0 Å². The number of alkyl halides is 3. The number of rotatable bonds is 4. The molecule has 3 aliphatic rings. The number of fused-ring (bicyclic) bond motifs is 3. The fourth-order valence-electron chi connectivity index (χ4n) is 4.42. The van der Waals surface area contributed by atoms with Gasteiger partial charge in [-0.25, -0.2) is 4.98 Å². The average molecular weight is 411 g/mol. The van der Waals surface area contributed by atoms with Crippen LogP contribution in [-0.4, -0.2) is 41.4 Å². The molecule has 0 radical (unpaired) electrons. The lowest BCUT2D eigenvalue weighted by Gasteiger charge is -2.43. The van der Waals surface area contributed by atoms with Crippen molar-refractivity contribution in [2.24, 2.45) is 0 Å². The van der Waals surface area contributed by atoms with Crippen LogP contribution < -0.4 is 4.90 Å². The van der Waals surface area contributed by atoms with Crippen LogP contribution in [0.25, 0.3) is 5.70 Å². The summed E-state index contributed by atoms with van der Waals surface area (Å²) in [7, 11) is 3.16. The zero-order chi connectivity index (χ0) is 20.3. The summed E-state index contributed by atoms with van der Waals surface area (Å²) >= 11 is 1.39. The van der Waals surface area contributed by atoms with E-state index in [9.17, 15) is 13.2 Å². The van der Waals surface area contributed by atoms with E-state index in [1.54, 1.807) is 25.0 Å². The Balaban J connectivity index is 2.00. The molecule has 1 aromatic heterocycles. The molecule has 0 aromatic carbocycles. The van der Waals surface area contributed by atoms with Gasteiger partial charge in [-0.2, -0.15) is 13.2 Å². The van der Waals surface area contributed by atoms with Crippen LogP contribution in [0.15, 0.2) is 52.1 Å². The molecule has 4 rings (SSSR count). The van der Waals surface area contributed by atoms with Gasteiger partial charge in [-0.15, -0.1) is 0 Å². The molecule has 1 aromatic rings. The predicted molar refractivity (Wildman–Crippen MR) is 102 cm³/mol. The third-order valence-electron chi connectivity index (χ3n) is 5.25. The Bertz CT molecular complexity index is 958. The van der Waals surface area contributed by atoms with Gasteiger partial charge in [-0.1, -0.05) is 23.9 Å². The lowest BCUT2D eigenvalue weighted by atomic mass is 9.78. The lowest BCUT2D eigenvalue weighted by molar-refractivity contribution is -0.0945. The number of anilines is 1. The van der Waals surface area contributed by atoms with Crippen molar-refractivity contribution in [2.45, 2.75) is 37.0 Å². The molecular formula is C19H20F3N3O2S. The second kappa shape index (κ2) is 6.45. The van der Waals surface area contributed by atoms with Gasteiger partial charge in [0.25, 0.3) is 0 Å². The molecule has 1 atom stereocenters. The monoisotopic (exact) mass is 411 g/mol. The van der Waals surface area contributed by atoms with Crippen LogP contribution in [0.4, 0.5) is 19.1 Å². The molecule has 1 spiro atoms. The van der Waals surface area contributed by atoms with Crippen molar-refractivity contribution in [1.82, 2.24) is 9.55 Å². The van der Waals surface area contributed by atoms with Gasteiger partial charge < -0.3 is 9.47 Å². The summed E-state index contributed by atoms with van der Waals surface area (Å²) in [5.74, 6) is 1.33. The molecule has 0 saturated carbocycles. The second-order valence-electron chi connectivity index (χ2n) is 6.92. The second-order valence-corrected chi connectivity index (χ2v) is 7.86. The van der Waals surface area contributed by atoms with Crippen molar-refractivity contribution < 1.29 is 22.6 Å². The minimum Gasteiger partial charge on any atom is -0.496 e. The molecule has 5 nitrogen and oxygen atoms in total. The van der Waals surface area contributed by atoms with Crippen LogP contribution in [0.3, 0.4) is 0 Å². The van der Waals surface area contributed by atoms with E-state index in [-0.39, 0.29) is 5.95 Å². The topological polar surface area (TPSA) is 39.5 Å². The number of thioether (sulfide) groups is 1. The van der Waals surface area contributed by atoms with E-state index < -0.39 is 17.4 Å². The van der Waals surface area contributed by atoms with E-state index in [2.05, 4.69) is 4.98 Å². The van der Waals surface area contributed by atoms with Gasteiger partial charge in [0.15, 0.2) is 0 Å². The van der Waals surface area contributed by atoms with Gasteiger partial charge in [0, 0.05) is 19.1 Å². The molecule has 0 fully saturated rings. The molecule has 0 amide bonds. The Labute approximate surface area is 165 Å². The van der Waals surface area contributed by atoms with Crippen LogP contribution in [0, 0.1) is 0 Å². The summed E-state index contributed by atoms with van der Waals surface area (Å²) in [6, 6.07) is 0. The SMILES string of the molecule is COCSc1cnc2n1C1=C(C)C(OC)=C(C)CC13C=CC=C(C(F)(F)F)N23. The Kier molecular flexibility index (Phi) is 4.42. The van der Waals surface area contributed by atoms with E-state index in [4.69, 9.17) is 9.47 Å². The Morgan fingerprint density at radius 3 is 2.68 bits per heavy atom. The van der Waals surface area contributed by atoms with Crippen molar-refractivity contribution >= 4 is 23.4 Å². The highest BCUT2D eigenvalue weighted by Gasteiger charge is 2.58. The zero-order valence-electron chi connectivity index (χ0n) is 15.9. The molecule has 1 unspecified atom stereocenters. The third-order valence-corrected chi connectivity index (χ3v) is 6.19. The molecule has 0 bridgehead atoms. The Hall–Kier alpha value is -2.13. The molecule has 28 heavy (non-hydrogen) atoms. The molecular weight excluding hydrogens is 391 g/mol. The number of hydrogen-bond acceptors (Lipinski definition) is 5. The Morgan fingerprint density at radius 2 is 2.04 bits per heavy atom. The van der Waals surface area contributed by atoms with Gasteiger partial charge in [-0.3, -0.25) is 9.47 Å². The summed E-state index contributed by atoms with van der Waals surface area (Å²) in [6.07, 6.45) is 1.90. The summed E-state index contributed by atoms with van der Waals surface area (Å²) in [5.41, 5.74) is 0.745. The number of halogens is 3. The molecule has 9 heteroatoms. The predicted octanol–water partition coefficient (Wildman–Crippen LogP) is 4.71. The van der Waals surface area contributed by atoms with Gasteiger partial charge in [0.05, 0.1) is 24.9 Å². The first kappa shape index (κ1) is 19.2. The van der Waals surface area contributed by atoms with Gasteiger partial charge in [0.2, 0.25) is 5.95 Å².